The molecule has 0 aliphatic carbocycles. The number of hydrogen-bond donors (Lipinski definition) is 1. The summed E-state index contributed by atoms with van der Waals surface area (Å²) in [5, 5.41) is 15.5. The molecule has 0 bridgehead atoms. The lowest BCUT2D eigenvalue weighted by molar-refractivity contribution is -0.118. The van der Waals surface area contributed by atoms with Gasteiger partial charge in [-0.3, -0.25) is 14.3 Å². The maximum absolute atomic E-state index is 12.5. The Bertz CT molecular complexity index is 1520. The van der Waals surface area contributed by atoms with Gasteiger partial charge in [0.1, 0.15) is 5.69 Å². The van der Waals surface area contributed by atoms with Gasteiger partial charge in [-0.15, -0.1) is 26.6 Å². The lowest BCUT2D eigenvalue weighted by atomic mass is 10.1. The van der Waals surface area contributed by atoms with Crippen LogP contribution in [-0.2, 0) is 4.79 Å². The van der Waals surface area contributed by atoms with E-state index >= 15 is 0 Å². The number of para-hydroxylation sites is 1. The first-order valence-corrected chi connectivity index (χ1v) is 13.9. The van der Waals surface area contributed by atoms with Gasteiger partial charge in [0.05, 0.1) is 11.4 Å². The highest BCUT2D eigenvalue weighted by atomic mass is 79.9. The highest BCUT2D eigenvalue weighted by Gasteiger charge is 2.12. The smallest absolute Gasteiger partial charge is 0.250 e. The number of carbonyl (C=O) groups excluding carboxylic acids is 1. The number of amides is 1. The van der Waals surface area contributed by atoms with Gasteiger partial charge in [0.2, 0.25) is 4.80 Å². The van der Waals surface area contributed by atoms with Crippen molar-refractivity contribution in [1.29, 1.82) is 0 Å². The zero-order valence-electron chi connectivity index (χ0n) is 18.0. The number of halogens is 1. The van der Waals surface area contributed by atoms with Crippen LogP contribution in [0, 0.1) is 0 Å². The summed E-state index contributed by atoms with van der Waals surface area (Å²) in [6, 6.07) is 23.7. The third kappa shape index (κ3) is 5.76. The fourth-order valence-corrected chi connectivity index (χ4v) is 6.08. The van der Waals surface area contributed by atoms with Crippen molar-refractivity contribution in [3.05, 3.63) is 93.6 Å². The van der Waals surface area contributed by atoms with Gasteiger partial charge in [-0.2, -0.15) is 0 Å². The number of nitrogens with zero attached hydrogens (tertiary/aromatic N) is 5. The molecule has 5 aromatic rings. The van der Waals surface area contributed by atoms with E-state index in [2.05, 4.69) is 47.7 Å². The van der Waals surface area contributed by atoms with Crippen molar-refractivity contribution in [3.63, 3.8) is 0 Å². The second-order valence-corrected chi connectivity index (χ2v) is 11.1. The van der Waals surface area contributed by atoms with E-state index in [9.17, 15) is 4.79 Å². The van der Waals surface area contributed by atoms with Gasteiger partial charge in [-0.05, 0) is 36.4 Å². The van der Waals surface area contributed by atoms with E-state index in [1.54, 1.807) is 6.20 Å². The molecule has 1 N–H and O–H groups in total. The van der Waals surface area contributed by atoms with Crippen LogP contribution >= 0.6 is 50.4 Å². The molecular weight excluding hydrogens is 564 g/mol. The Balaban J connectivity index is 1.33. The van der Waals surface area contributed by atoms with E-state index < -0.39 is 0 Å². The monoisotopic (exact) mass is 580 g/mol. The molecule has 1 amide bonds. The van der Waals surface area contributed by atoms with Crippen LogP contribution in [0.2, 0.25) is 0 Å². The van der Waals surface area contributed by atoms with Gasteiger partial charge in [0.25, 0.3) is 5.91 Å². The minimum absolute atomic E-state index is 0.176. The summed E-state index contributed by atoms with van der Waals surface area (Å²) in [6.45, 7) is 0. The second-order valence-electron chi connectivity index (χ2n) is 7.11. The highest BCUT2D eigenvalue weighted by molar-refractivity contribution is 9.10. The Labute approximate surface area is 221 Å². The number of rotatable bonds is 7. The second kappa shape index (κ2) is 11.1. The first-order valence-electron chi connectivity index (χ1n) is 10.4. The predicted octanol–water partition coefficient (Wildman–Crippen LogP) is 5.61. The molecule has 3 aromatic heterocycles. The van der Waals surface area contributed by atoms with Gasteiger partial charge in [0.15, 0.2) is 9.35 Å². The largest absolute Gasteiger partial charge is 0.284 e. The van der Waals surface area contributed by atoms with Gasteiger partial charge in [-0.1, -0.05) is 75.4 Å². The lowest BCUT2D eigenvalue weighted by Gasteiger charge is -2.09. The maximum Gasteiger partial charge on any atom is 0.250 e. The molecule has 0 spiro atoms. The summed E-state index contributed by atoms with van der Waals surface area (Å²) in [4.78, 5) is 17.5. The number of benzene rings is 2. The molecule has 0 saturated carbocycles. The Kier molecular flexibility index (Phi) is 7.48. The first kappa shape index (κ1) is 23.6. The zero-order chi connectivity index (χ0) is 24.0. The Morgan fingerprint density at radius 3 is 2.71 bits per heavy atom. The number of pyridine rings is 1. The topological polar surface area (TPSA) is 85.1 Å². The molecule has 0 fully saturated rings. The molecule has 3 heterocycles. The quantitative estimate of drug-likeness (QED) is 0.200. The average Bonchev–Trinajstić information content (AvgIpc) is 3.55. The van der Waals surface area contributed by atoms with Gasteiger partial charge >= 0.3 is 0 Å². The predicted molar refractivity (Wildman–Crippen MR) is 144 cm³/mol. The van der Waals surface area contributed by atoms with Crippen molar-refractivity contribution < 1.29 is 4.79 Å². The van der Waals surface area contributed by atoms with Crippen molar-refractivity contribution in [2.45, 2.75) is 4.34 Å². The number of hydrogen-bond acceptors (Lipinski definition) is 8. The zero-order valence-corrected chi connectivity index (χ0v) is 22.1. The third-order valence-corrected chi connectivity index (χ3v) is 8.13. The number of thioether (sulfide) groups is 1. The van der Waals surface area contributed by atoms with E-state index in [4.69, 9.17) is 0 Å². The van der Waals surface area contributed by atoms with Gasteiger partial charge in [0, 0.05) is 27.3 Å². The van der Waals surface area contributed by atoms with E-state index in [1.165, 1.54) is 34.4 Å². The molecule has 35 heavy (non-hydrogen) atoms. The molecule has 0 aliphatic heterocycles. The van der Waals surface area contributed by atoms with Crippen molar-refractivity contribution >= 4 is 56.3 Å². The Hall–Kier alpha value is -3.12. The molecule has 11 heteroatoms. The van der Waals surface area contributed by atoms with E-state index in [1.807, 2.05) is 76.7 Å². The number of carbonyl (C=O) groups is 1. The fraction of sp³-hybridized carbons (Fsp3) is 0.0417. The van der Waals surface area contributed by atoms with Gasteiger partial charge < -0.3 is 0 Å². The molecule has 7 nitrogen and oxygen atoms in total. The number of nitrogens with one attached hydrogen (secondary N) is 1. The van der Waals surface area contributed by atoms with E-state index in [-0.39, 0.29) is 11.7 Å². The van der Waals surface area contributed by atoms with Crippen LogP contribution in [0.5, 0.6) is 0 Å². The lowest BCUT2D eigenvalue weighted by Crippen LogP contribution is -2.25. The van der Waals surface area contributed by atoms with Crippen LogP contribution in [0.3, 0.4) is 0 Å². The molecule has 0 aliphatic rings. The minimum atomic E-state index is -0.221. The highest BCUT2D eigenvalue weighted by Crippen LogP contribution is 2.28. The van der Waals surface area contributed by atoms with Crippen LogP contribution in [0.1, 0.15) is 0 Å². The van der Waals surface area contributed by atoms with Crippen LogP contribution in [0.4, 0.5) is 0 Å². The Morgan fingerprint density at radius 1 is 1.06 bits per heavy atom. The van der Waals surface area contributed by atoms with E-state index in [0.29, 0.717) is 9.14 Å². The molecule has 0 saturated heterocycles. The standard InChI is InChI=1S/C24H17BrN6OS3/c25-17-8-6-7-16(13-17)20-14-33-23(31(20)18-9-2-1-3-10-18)29-27-21(32)15-34-24-30-28-22(35-24)19-11-4-5-12-26-19/h1-14H,15H2,(H,27,32)/b29-23+. The van der Waals surface area contributed by atoms with Gasteiger partial charge in [-0.25, -0.2) is 5.43 Å². The normalized spacial score (nSPS) is 11.5. The summed E-state index contributed by atoms with van der Waals surface area (Å²) < 4.78 is 3.73. The van der Waals surface area contributed by atoms with Crippen LogP contribution in [0.25, 0.3) is 27.6 Å². The number of thiazole rings is 1. The van der Waals surface area contributed by atoms with E-state index in [0.717, 1.165) is 32.1 Å². The molecule has 0 unspecified atom stereocenters. The van der Waals surface area contributed by atoms with Crippen molar-refractivity contribution in [3.8, 4) is 27.6 Å². The molecule has 2 aromatic carbocycles. The van der Waals surface area contributed by atoms with Crippen LogP contribution in [-0.4, -0.2) is 31.4 Å². The summed E-state index contributed by atoms with van der Waals surface area (Å²) in [5.74, 6) is -0.0446. The van der Waals surface area contributed by atoms with Crippen molar-refractivity contribution in [1.82, 2.24) is 25.2 Å². The molecule has 5 rings (SSSR count). The number of aromatic nitrogens is 4. The minimum Gasteiger partial charge on any atom is -0.284 e. The fourth-order valence-electron chi connectivity index (χ4n) is 3.20. The van der Waals surface area contributed by atoms with Crippen molar-refractivity contribution in [2.24, 2.45) is 5.10 Å². The first-order chi connectivity index (χ1) is 17.2. The summed E-state index contributed by atoms with van der Waals surface area (Å²) in [7, 11) is 0. The summed E-state index contributed by atoms with van der Waals surface area (Å²) in [6.07, 6.45) is 1.72. The van der Waals surface area contributed by atoms with Crippen molar-refractivity contribution in [2.75, 3.05) is 5.75 Å². The summed E-state index contributed by atoms with van der Waals surface area (Å²) >= 11 is 7.73. The molecule has 174 valence electrons. The summed E-state index contributed by atoms with van der Waals surface area (Å²) in [5.41, 5.74) is 6.44. The molecule has 0 atom stereocenters. The SMILES string of the molecule is O=C(CSc1nnc(-c2ccccn2)s1)N/N=c1/scc(-c2cccc(Br)c2)n1-c1ccccc1. The molecule has 0 radical (unpaired) electrons. The Morgan fingerprint density at radius 2 is 1.91 bits per heavy atom. The molecular formula is C24H17BrN6OS3. The third-order valence-electron chi connectivity index (χ3n) is 4.74. The van der Waals surface area contributed by atoms with Crippen LogP contribution in [0.15, 0.2) is 98.3 Å². The maximum atomic E-state index is 12.5. The van der Waals surface area contributed by atoms with Crippen LogP contribution < -0.4 is 10.2 Å². The average molecular weight is 582 g/mol.